The molecule has 2 amide bonds. The van der Waals surface area contributed by atoms with E-state index < -0.39 is 6.04 Å². The van der Waals surface area contributed by atoms with Crippen molar-refractivity contribution in [1.29, 1.82) is 0 Å². The molecule has 170 valence electrons. The van der Waals surface area contributed by atoms with Crippen LogP contribution >= 0.6 is 0 Å². The molecule has 1 aliphatic heterocycles. The number of amides is 2. The molecular weight excluding hydrogens is 374 g/mol. The van der Waals surface area contributed by atoms with Crippen LogP contribution in [0.15, 0.2) is 0 Å². The second kappa shape index (κ2) is 9.18. The molecule has 0 aromatic heterocycles. The minimum atomic E-state index is -0.415. The quantitative estimate of drug-likeness (QED) is 0.594. The Morgan fingerprint density at radius 3 is 2.10 bits per heavy atom. The predicted octanol–water partition coefficient (Wildman–Crippen LogP) is 3.58. The van der Waals surface area contributed by atoms with Gasteiger partial charge in [0.15, 0.2) is 0 Å². The van der Waals surface area contributed by atoms with Crippen molar-refractivity contribution in [2.45, 2.75) is 84.6 Å². The zero-order chi connectivity index (χ0) is 21.3. The van der Waals surface area contributed by atoms with E-state index in [4.69, 9.17) is 0 Å². The molecule has 1 atom stereocenters. The van der Waals surface area contributed by atoms with Gasteiger partial charge in [0.2, 0.25) is 11.8 Å². The third-order valence-corrected chi connectivity index (χ3v) is 8.58. The molecule has 5 aliphatic rings. The van der Waals surface area contributed by atoms with Gasteiger partial charge in [0.1, 0.15) is 6.04 Å². The largest absolute Gasteiger partial charge is 0.354 e. The van der Waals surface area contributed by atoms with Gasteiger partial charge in [0.25, 0.3) is 0 Å². The zero-order valence-electron chi connectivity index (χ0n) is 19.4. The van der Waals surface area contributed by atoms with E-state index in [2.05, 4.69) is 22.5 Å². The smallest absolute Gasteiger partial charge is 0.242 e. The molecule has 4 bridgehead atoms. The number of piperidine rings is 1. The molecule has 0 aromatic rings. The number of hydrogen-bond acceptors (Lipinski definition) is 3. The Labute approximate surface area is 183 Å². The molecule has 0 spiro atoms. The molecule has 1 unspecified atom stereocenters. The molecule has 4 saturated carbocycles. The topological polar surface area (TPSA) is 61.4 Å². The summed E-state index contributed by atoms with van der Waals surface area (Å²) in [6.45, 7) is 10.5. The van der Waals surface area contributed by atoms with Crippen molar-refractivity contribution in [3.05, 3.63) is 0 Å². The van der Waals surface area contributed by atoms with E-state index >= 15 is 0 Å². The number of rotatable bonds is 8. The Morgan fingerprint density at radius 2 is 1.57 bits per heavy atom. The van der Waals surface area contributed by atoms with Gasteiger partial charge in [-0.1, -0.05) is 20.8 Å². The molecule has 5 heteroatoms. The summed E-state index contributed by atoms with van der Waals surface area (Å²) in [4.78, 5) is 28.8. The minimum Gasteiger partial charge on any atom is -0.354 e. The van der Waals surface area contributed by atoms with E-state index in [9.17, 15) is 9.59 Å². The SMILES string of the molecule is CC1CCN(CCCNC(=O)C(NC(=O)C23CC4CC(CC(C4)C2)C3)C(C)C)CC1. The molecule has 2 N–H and O–H groups in total. The van der Waals surface area contributed by atoms with Crippen molar-refractivity contribution in [3.63, 3.8) is 0 Å². The van der Waals surface area contributed by atoms with Gasteiger partial charge < -0.3 is 15.5 Å². The summed E-state index contributed by atoms with van der Waals surface area (Å²) in [6, 6.07) is -0.415. The van der Waals surface area contributed by atoms with Crippen molar-refractivity contribution in [2.24, 2.45) is 35.0 Å². The fraction of sp³-hybridized carbons (Fsp3) is 0.920. The van der Waals surface area contributed by atoms with E-state index in [-0.39, 0.29) is 23.1 Å². The fourth-order valence-electron chi connectivity index (χ4n) is 7.13. The van der Waals surface area contributed by atoms with Gasteiger partial charge in [-0.05, 0) is 107 Å². The van der Waals surface area contributed by atoms with Crippen LogP contribution in [0.3, 0.4) is 0 Å². The van der Waals surface area contributed by atoms with Crippen LogP contribution in [0.2, 0.25) is 0 Å². The molecule has 0 radical (unpaired) electrons. The van der Waals surface area contributed by atoms with E-state index in [1.54, 1.807) is 0 Å². The lowest BCUT2D eigenvalue weighted by Crippen LogP contribution is -2.58. The first-order valence-electron chi connectivity index (χ1n) is 12.7. The standard InChI is InChI=1S/C25H43N3O2/c1-17(2)22(23(29)26-7-4-8-28-9-5-18(3)6-10-28)27-24(30)25-14-19-11-20(15-25)13-21(12-19)16-25/h17-22H,4-16H2,1-3H3,(H,26,29)(H,27,30). The molecule has 5 fully saturated rings. The molecule has 1 saturated heterocycles. The molecular formula is C25H43N3O2. The monoisotopic (exact) mass is 417 g/mol. The first-order chi connectivity index (χ1) is 14.3. The predicted molar refractivity (Wildman–Crippen MR) is 120 cm³/mol. The summed E-state index contributed by atoms with van der Waals surface area (Å²) >= 11 is 0. The lowest BCUT2D eigenvalue weighted by molar-refractivity contribution is -0.149. The average molecular weight is 418 g/mol. The Kier molecular flexibility index (Phi) is 6.76. The van der Waals surface area contributed by atoms with Gasteiger partial charge >= 0.3 is 0 Å². The molecule has 0 aromatic carbocycles. The summed E-state index contributed by atoms with van der Waals surface area (Å²) < 4.78 is 0. The highest BCUT2D eigenvalue weighted by Gasteiger charge is 2.55. The van der Waals surface area contributed by atoms with Gasteiger partial charge in [0.05, 0.1) is 0 Å². The lowest BCUT2D eigenvalue weighted by Gasteiger charge is -2.55. The number of hydrogen-bond donors (Lipinski definition) is 2. The third-order valence-electron chi connectivity index (χ3n) is 8.58. The highest BCUT2D eigenvalue weighted by atomic mass is 16.2. The Balaban J connectivity index is 1.25. The maximum Gasteiger partial charge on any atom is 0.242 e. The molecule has 5 nitrogen and oxygen atoms in total. The van der Waals surface area contributed by atoms with Gasteiger partial charge in [-0.25, -0.2) is 0 Å². The maximum absolute atomic E-state index is 13.4. The fourth-order valence-corrected chi connectivity index (χ4v) is 7.13. The lowest BCUT2D eigenvalue weighted by atomic mass is 9.49. The van der Waals surface area contributed by atoms with Crippen LogP contribution in [0.1, 0.15) is 78.6 Å². The van der Waals surface area contributed by atoms with E-state index in [0.717, 1.165) is 55.9 Å². The Morgan fingerprint density at radius 1 is 1.00 bits per heavy atom. The Hall–Kier alpha value is -1.10. The zero-order valence-corrected chi connectivity index (χ0v) is 19.4. The number of nitrogens with one attached hydrogen (secondary N) is 2. The summed E-state index contributed by atoms with van der Waals surface area (Å²) in [5, 5.41) is 6.32. The van der Waals surface area contributed by atoms with E-state index in [1.165, 1.54) is 45.2 Å². The molecule has 30 heavy (non-hydrogen) atoms. The average Bonchev–Trinajstić information content (AvgIpc) is 2.69. The summed E-state index contributed by atoms with van der Waals surface area (Å²) in [7, 11) is 0. The highest BCUT2D eigenvalue weighted by Crippen LogP contribution is 2.60. The maximum atomic E-state index is 13.4. The molecule has 1 heterocycles. The first-order valence-corrected chi connectivity index (χ1v) is 12.7. The van der Waals surface area contributed by atoms with Crippen LogP contribution in [0.25, 0.3) is 0 Å². The van der Waals surface area contributed by atoms with Gasteiger partial charge in [-0.2, -0.15) is 0 Å². The molecule has 4 aliphatic carbocycles. The van der Waals surface area contributed by atoms with Crippen molar-refractivity contribution in [3.8, 4) is 0 Å². The summed E-state index contributed by atoms with van der Waals surface area (Å²) in [6.07, 6.45) is 10.7. The van der Waals surface area contributed by atoms with Crippen LogP contribution in [0.5, 0.6) is 0 Å². The number of likely N-dealkylation sites (tertiary alicyclic amines) is 1. The summed E-state index contributed by atoms with van der Waals surface area (Å²) in [5.41, 5.74) is -0.187. The van der Waals surface area contributed by atoms with Crippen LogP contribution in [-0.2, 0) is 9.59 Å². The van der Waals surface area contributed by atoms with Crippen LogP contribution in [0.4, 0.5) is 0 Å². The third kappa shape index (κ3) is 4.87. The van der Waals surface area contributed by atoms with Crippen LogP contribution in [0, 0.1) is 35.0 Å². The molecule has 5 rings (SSSR count). The first kappa shape index (κ1) is 22.1. The van der Waals surface area contributed by atoms with Crippen molar-refractivity contribution in [1.82, 2.24) is 15.5 Å². The van der Waals surface area contributed by atoms with Crippen molar-refractivity contribution in [2.75, 3.05) is 26.2 Å². The minimum absolute atomic E-state index is 0.00431. The highest BCUT2D eigenvalue weighted by molar-refractivity contribution is 5.90. The number of carbonyl (C=O) groups is 2. The normalized spacial score (nSPS) is 34.9. The second-order valence-corrected chi connectivity index (χ2v) is 11.6. The second-order valence-electron chi connectivity index (χ2n) is 11.6. The van der Waals surface area contributed by atoms with E-state index in [0.29, 0.717) is 6.54 Å². The van der Waals surface area contributed by atoms with Crippen LogP contribution in [-0.4, -0.2) is 48.9 Å². The van der Waals surface area contributed by atoms with Crippen molar-refractivity contribution >= 4 is 11.8 Å². The van der Waals surface area contributed by atoms with Gasteiger partial charge in [0, 0.05) is 12.0 Å². The van der Waals surface area contributed by atoms with Gasteiger partial charge in [-0.3, -0.25) is 9.59 Å². The van der Waals surface area contributed by atoms with Gasteiger partial charge in [-0.15, -0.1) is 0 Å². The van der Waals surface area contributed by atoms with Crippen molar-refractivity contribution < 1.29 is 9.59 Å². The Bertz CT molecular complexity index is 589. The number of carbonyl (C=O) groups excluding carboxylic acids is 2. The number of nitrogens with zero attached hydrogens (tertiary/aromatic N) is 1. The van der Waals surface area contributed by atoms with Crippen LogP contribution < -0.4 is 10.6 Å². The summed E-state index contributed by atoms with van der Waals surface area (Å²) in [5.74, 6) is 3.34. The van der Waals surface area contributed by atoms with E-state index in [1.807, 2.05) is 13.8 Å².